The molecule has 0 aliphatic rings. The van der Waals surface area contributed by atoms with Crippen LogP contribution in [0.5, 0.6) is 0 Å². The molecule has 3 heterocycles. The van der Waals surface area contributed by atoms with E-state index in [1.54, 1.807) is 31.2 Å². The molecule has 0 aliphatic heterocycles. The Hall–Kier alpha value is -3.20. The second-order valence-electron chi connectivity index (χ2n) is 5.63. The predicted molar refractivity (Wildman–Crippen MR) is 91.8 cm³/mol. The maximum absolute atomic E-state index is 13.3. The van der Waals surface area contributed by atoms with Crippen LogP contribution in [0, 0.1) is 12.9 Å². The molecular weight excluding hydrogens is 342 g/mol. The number of hydrogen-bond donors (Lipinski definition) is 1. The van der Waals surface area contributed by atoms with Crippen LogP contribution in [0.1, 0.15) is 5.56 Å². The number of nitrogens with zero attached hydrogens (tertiary/aromatic N) is 5. The van der Waals surface area contributed by atoms with Crippen LogP contribution in [0.15, 0.2) is 53.5 Å². The van der Waals surface area contributed by atoms with Gasteiger partial charge in [-0.3, -0.25) is 0 Å². The van der Waals surface area contributed by atoms with E-state index in [4.69, 9.17) is 5.73 Å². The first-order valence-electron chi connectivity index (χ1n) is 7.76. The third-order valence-corrected chi connectivity index (χ3v) is 3.79. The first-order valence-corrected chi connectivity index (χ1v) is 7.76. The lowest BCUT2D eigenvalue weighted by Gasteiger charge is -2.05. The van der Waals surface area contributed by atoms with E-state index in [0.29, 0.717) is 29.0 Å². The maximum Gasteiger partial charge on any atom is 0.351 e. The van der Waals surface area contributed by atoms with Crippen molar-refractivity contribution in [1.82, 2.24) is 24.3 Å². The first-order chi connectivity index (χ1) is 12.5. The summed E-state index contributed by atoms with van der Waals surface area (Å²) in [5.41, 5.74) is 6.72. The lowest BCUT2D eigenvalue weighted by atomic mass is 10.1. The number of halogens is 2. The topological polar surface area (TPSA) is 91.6 Å². The summed E-state index contributed by atoms with van der Waals surface area (Å²) < 4.78 is 28.3. The van der Waals surface area contributed by atoms with Gasteiger partial charge in [-0.05, 0) is 30.7 Å². The van der Waals surface area contributed by atoms with Gasteiger partial charge < -0.3 is 5.73 Å². The summed E-state index contributed by atoms with van der Waals surface area (Å²) >= 11 is 0. The molecular formula is C17H16F2N6O. The summed E-state index contributed by atoms with van der Waals surface area (Å²) in [5.74, 6) is -0.210. The fraction of sp³-hybridized carbons (Fsp3) is 0.176. The molecule has 0 radical (unpaired) electrons. The molecule has 134 valence electrons. The number of aromatic nitrogens is 5. The van der Waals surface area contributed by atoms with Crippen LogP contribution in [0.25, 0.3) is 17.1 Å². The van der Waals surface area contributed by atoms with Gasteiger partial charge in [0.15, 0.2) is 0 Å². The zero-order chi connectivity index (χ0) is 18.7. The van der Waals surface area contributed by atoms with Gasteiger partial charge in [-0.2, -0.15) is 9.49 Å². The van der Waals surface area contributed by atoms with Gasteiger partial charge in [0.2, 0.25) is 5.95 Å². The highest BCUT2D eigenvalue weighted by atomic mass is 19.1. The molecule has 0 unspecified atom stereocenters. The highest BCUT2D eigenvalue weighted by molar-refractivity contribution is 5.59. The normalized spacial score (nSPS) is 11.8. The zero-order valence-corrected chi connectivity index (χ0v) is 13.9. The molecule has 3 aromatic rings. The van der Waals surface area contributed by atoms with Crippen LogP contribution in [0.2, 0.25) is 0 Å². The average molecular weight is 358 g/mol. The highest BCUT2D eigenvalue weighted by Gasteiger charge is 2.11. The summed E-state index contributed by atoms with van der Waals surface area (Å²) in [4.78, 5) is 20.6. The van der Waals surface area contributed by atoms with E-state index >= 15 is 0 Å². The van der Waals surface area contributed by atoms with Crippen LogP contribution in [0.3, 0.4) is 0 Å². The van der Waals surface area contributed by atoms with Crippen molar-refractivity contribution in [2.24, 2.45) is 5.73 Å². The standard InChI is InChI=1S/C17H16F2N6O/c1-11-5-13(8-21-16(11)19)14-3-2-4-15(23-14)24-10-22-25(17(24)26)9-12(6-18)7-20/h2-6,8,10H,7,9,20H2,1H3/b12-6+. The predicted octanol–water partition coefficient (Wildman–Crippen LogP) is 1.75. The average Bonchev–Trinajstić information content (AvgIpc) is 3.02. The van der Waals surface area contributed by atoms with Gasteiger partial charge in [0.05, 0.1) is 18.6 Å². The first kappa shape index (κ1) is 17.6. The number of nitrogens with two attached hydrogens (primary N) is 1. The van der Waals surface area contributed by atoms with E-state index in [9.17, 15) is 13.6 Å². The molecule has 7 nitrogen and oxygen atoms in total. The molecule has 0 aromatic carbocycles. The molecule has 0 aliphatic carbocycles. The molecule has 9 heteroatoms. The number of aryl methyl sites for hydroxylation is 1. The molecule has 3 rings (SSSR count). The van der Waals surface area contributed by atoms with Crippen molar-refractivity contribution in [3.05, 3.63) is 70.7 Å². The van der Waals surface area contributed by atoms with Crippen molar-refractivity contribution >= 4 is 0 Å². The minimum Gasteiger partial charge on any atom is -0.327 e. The van der Waals surface area contributed by atoms with Crippen molar-refractivity contribution in [2.45, 2.75) is 13.5 Å². The number of rotatable bonds is 5. The third kappa shape index (κ3) is 3.42. The van der Waals surface area contributed by atoms with Gasteiger partial charge in [-0.15, -0.1) is 0 Å². The summed E-state index contributed by atoms with van der Waals surface area (Å²) in [6, 6.07) is 6.70. The van der Waals surface area contributed by atoms with Gasteiger partial charge in [0, 0.05) is 23.9 Å². The Labute approximate surface area is 147 Å². The largest absolute Gasteiger partial charge is 0.351 e. The van der Waals surface area contributed by atoms with E-state index in [2.05, 4.69) is 15.1 Å². The van der Waals surface area contributed by atoms with Gasteiger partial charge >= 0.3 is 5.69 Å². The monoisotopic (exact) mass is 358 g/mol. The van der Waals surface area contributed by atoms with E-state index in [1.165, 1.54) is 17.1 Å². The molecule has 26 heavy (non-hydrogen) atoms. The molecule has 0 spiro atoms. The third-order valence-electron chi connectivity index (χ3n) is 3.79. The van der Waals surface area contributed by atoms with Gasteiger partial charge in [0.1, 0.15) is 12.1 Å². The molecule has 0 saturated carbocycles. The van der Waals surface area contributed by atoms with E-state index in [0.717, 1.165) is 4.68 Å². The van der Waals surface area contributed by atoms with Crippen molar-refractivity contribution in [1.29, 1.82) is 0 Å². The van der Waals surface area contributed by atoms with Crippen molar-refractivity contribution in [3.8, 4) is 17.1 Å². The van der Waals surface area contributed by atoms with E-state index in [-0.39, 0.29) is 18.7 Å². The second kappa shape index (κ2) is 7.36. The maximum atomic E-state index is 13.3. The highest BCUT2D eigenvalue weighted by Crippen LogP contribution is 2.19. The molecule has 0 bridgehead atoms. The summed E-state index contributed by atoms with van der Waals surface area (Å²) in [5, 5.41) is 3.96. The van der Waals surface area contributed by atoms with Crippen LogP contribution in [0.4, 0.5) is 8.78 Å². The summed E-state index contributed by atoms with van der Waals surface area (Å²) in [6.45, 7) is 1.55. The van der Waals surface area contributed by atoms with Crippen molar-refractivity contribution < 1.29 is 8.78 Å². The van der Waals surface area contributed by atoms with E-state index < -0.39 is 11.6 Å². The molecule has 3 aromatic heterocycles. The Bertz CT molecular complexity index is 1020. The zero-order valence-electron chi connectivity index (χ0n) is 13.9. The van der Waals surface area contributed by atoms with Gasteiger partial charge in [0.25, 0.3) is 0 Å². The lowest BCUT2D eigenvalue weighted by Crippen LogP contribution is -2.26. The van der Waals surface area contributed by atoms with Crippen molar-refractivity contribution in [3.63, 3.8) is 0 Å². The van der Waals surface area contributed by atoms with Crippen LogP contribution in [-0.4, -0.2) is 30.9 Å². The Balaban J connectivity index is 1.97. The molecule has 2 N–H and O–H groups in total. The fourth-order valence-electron chi connectivity index (χ4n) is 2.36. The molecule has 0 saturated heterocycles. The smallest absolute Gasteiger partial charge is 0.327 e. The Morgan fingerprint density at radius 3 is 2.88 bits per heavy atom. The van der Waals surface area contributed by atoms with Gasteiger partial charge in [-0.25, -0.2) is 28.4 Å². The number of hydrogen-bond acceptors (Lipinski definition) is 5. The second-order valence-corrected chi connectivity index (χ2v) is 5.63. The van der Waals surface area contributed by atoms with Gasteiger partial charge in [-0.1, -0.05) is 6.07 Å². The summed E-state index contributed by atoms with van der Waals surface area (Å²) in [6.07, 6.45) is 3.05. The lowest BCUT2D eigenvalue weighted by molar-refractivity contribution is 0.575. The Kier molecular flexibility index (Phi) is 4.99. The minimum absolute atomic E-state index is 0.0134. The van der Waals surface area contributed by atoms with Crippen LogP contribution < -0.4 is 11.4 Å². The van der Waals surface area contributed by atoms with Crippen LogP contribution in [-0.2, 0) is 6.54 Å². The Morgan fingerprint density at radius 1 is 1.38 bits per heavy atom. The molecule has 0 amide bonds. The van der Waals surface area contributed by atoms with E-state index in [1.807, 2.05) is 0 Å². The minimum atomic E-state index is -0.543. The SMILES string of the molecule is Cc1cc(-c2cccc(-n3cnn(C/C(=C/F)CN)c3=O)n2)cnc1F. The summed E-state index contributed by atoms with van der Waals surface area (Å²) in [7, 11) is 0. The fourth-order valence-corrected chi connectivity index (χ4v) is 2.36. The molecule has 0 fully saturated rings. The molecule has 0 atom stereocenters. The van der Waals surface area contributed by atoms with Crippen LogP contribution >= 0.6 is 0 Å². The number of pyridine rings is 2. The van der Waals surface area contributed by atoms with Crippen molar-refractivity contribution in [2.75, 3.05) is 6.54 Å². The Morgan fingerprint density at radius 2 is 2.19 bits per heavy atom. The quantitative estimate of drug-likeness (QED) is 0.702.